The smallest absolute Gasteiger partial charge is 0.113 e. The topological polar surface area (TPSA) is 59.1 Å². The van der Waals surface area contributed by atoms with Crippen LogP contribution in [0.2, 0.25) is 0 Å². The van der Waals surface area contributed by atoms with Crippen molar-refractivity contribution < 1.29 is 5.11 Å². The first-order valence-electron chi connectivity index (χ1n) is 4.11. The van der Waals surface area contributed by atoms with Crippen molar-refractivity contribution in [3.05, 3.63) is 29.6 Å². The number of nitrogens with two attached hydrogens (primary N) is 1. The Morgan fingerprint density at radius 1 is 1.54 bits per heavy atom. The molecule has 0 spiro atoms. The Morgan fingerprint density at radius 3 is 3.08 bits per heavy atom. The fourth-order valence-electron chi connectivity index (χ4n) is 0.879. The molecule has 0 aliphatic heterocycles. The second-order valence-electron chi connectivity index (χ2n) is 2.53. The Kier molecular flexibility index (Phi) is 3.97. The van der Waals surface area contributed by atoms with Gasteiger partial charge in [-0.2, -0.15) is 0 Å². The van der Waals surface area contributed by atoms with E-state index in [9.17, 15) is 0 Å². The van der Waals surface area contributed by atoms with Gasteiger partial charge < -0.3 is 10.8 Å². The van der Waals surface area contributed by atoms with Gasteiger partial charge in [-0.25, -0.2) is 4.98 Å². The van der Waals surface area contributed by atoms with Crippen LogP contribution >= 0.6 is 0 Å². The van der Waals surface area contributed by atoms with Crippen LogP contribution in [0.5, 0.6) is 0 Å². The molecule has 0 saturated heterocycles. The highest BCUT2D eigenvalue weighted by atomic mass is 16.2. The number of hydrogen-bond donors (Lipinski definition) is 2. The van der Waals surface area contributed by atoms with Crippen molar-refractivity contribution in [2.75, 3.05) is 6.61 Å². The molecule has 1 rings (SSSR count). The van der Waals surface area contributed by atoms with Gasteiger partial charge in [0.2, 0.25) is 0 Å². The van der Waals surface area contributed by atoms with Gasteiger partial charge in [-0.15, -0.1) is 0 Å². The van der Waals surface area contributed by atoms with Crippen LogP contribution < -0.4 is 5.73 Å². The summed E-state index contributed by atoms with van der Waals surface area (Å²) in [5, 5.41) is 8.50. The number of aromatic nitrogens is 1. The fourth-order valence-corrected chi connectivity index (χ4v) is 0.879. The molecule has 0 unspecified atom stereocenters. The molecule has 3 heteroatoms. The lowest BCUT2D eigenvalue weighted by Gasteiger charge is -1.94. The van der Waals surface area contributed by atoms with E-state index in [1.165, 1.54) is 0 Å². The van der Waals surface area contributed by atoms with E-state index in [0.29, 0.717) is 18.7 Å². The molecular weight excluding hydrogens is 164 g/mol. The van der Waals surface area contributed by atoms with Crippen LogP contribution in [-0.4, -0.2) is 16.7 Å². The number of aliphatic hydroxyl groups excluding tert-OH is 1. The minimum atomic E-state index is 0.0869. The van der Waals surface area contributed by atoms with Gasteiger partial charge in [0.05, 0.1) is 6.61 Å². The van der Waals surface area contributed by atoms with Gasteiger partial charge in [0.15, 0.2) is 0 Å². The van der Waals surface area contributed by atoms with E-state index < -0.39 is 0 Å². The molecule has 1 aromatic rings. The number of aliphatic hydroxyl groups is 1. The van der Waals surface area contributed by atoms with Crippen LogP contribution in [0.4, 0.5) is 0 Å². The lowest BCUT2D eigenvalue weighted by Crippen LogP contribution is -1.97. The second kappa shape index (κ2) is 5.31. The van der Waals surface area contributed by atoms with Crippen molar-refractivity contribution >= 4 is 0 Å². The van der Waals surface area contributed by atoms with Gasteiger partial charge in [0.25, 0.3) is 0 Å². The number of hydrogen-bond acceptors (Lipinski definition) is 3. The molecule has 1 aromatic heterocycles. The Balaban J connectivity index is 2.73. The third-order valence-electron chi connectivity index (χ3n) is 1.51. The summed E-state index contributed by atoms with van der Waals surface area (Å²) in [6.07, 6.45) is 2.17. The van der Waals surface area contributed by atoms with Crippen molar-refractivity contribution in [2.24, 2.45) is 5.73 Å². The van der Waals surface area contributed by atoms with Crippen LogP contribution in [0.1, 0.15) is 17.7 Å². The van der Waals surface area contributed by atoms with Gasteiger partial charge in [0.1, 0.15) is 5.69 Å². The van der Waals surface area contributed by atoms with E-state index in [4.69, 9.17) is 10.8 Å². The molecule has 0 aliphatic rings. The van der Waals surface area contributed by atoms with Gasteiger partial charge in [-0.3, -0.25) is 0 Å². The summed E-state index contributed by atoms with van der Waals surface area (Å²) < 4.78 is 0. The third-order valence-corrected chi connectivity index (χ3v) is 1.51. The van der Waals surface area contributed by atoms with E-state index in [1.54, 1.807) is 6.20 Å². The molecule has 3 nitrogen and oxygen atoms in total. The van der Waals surface area contributed by atoms with Crippen molar-refractivity contribution in [2.45, 2.75) is 13.0 Å². The first-order chi connectivity index (χ1) is 6.36. The largest absolute Gasteiger partial charge is 0.395 e. The Labute approximate surface area is 77.6 Å². The highest BCUT2D eigenvalue weighted by Crippen LogP contribution is 1.98. The van der Waals surface area contributed by atoms with Crippen LogP contribution in [0.3, 0.4) is 0 Å². The predicted molar refractivity (Wildman–Crippen MR) is 50.7 cm³/mol. The van der Waals surface area contributed by atoms with Gasteiger partial charge in [-0.05, 0) is 23.6 Å². The summed E-state index contributed by atoms with van der Waals surface area (Å²) in [6.45, 7) is 0.584. The van der Waals surface area contributed by atoms with Crippen molar-refractivity contribution in [3.63, 3.8) is 0 Å². The summed E-state index contributed by atoms with van der Waals surface area (Å²) in [5.41, 5.74) is 7.18. The molecule has 0 fully saturated rings. The first-order valence-corrected chi connectivity index (χ1v) is 4.11. The minimum Gasteiger partial charge on any atom is -0.395 e. The zero-order valence-corrected chi connectivity index (χ0v) is 7.33. The Bertz CT molecular complexity index is 325. The first kappa shape index (κ1) is 9.72. The predicted octanol–water partition coefficient (Wildman–Crippen LogP) is 0.274. The molecule has 0 aliphatic carbocycles. The molecular formula is C10H12N2O. The number of rotatable bonds is 2. The van der Waals surface area contributed by atoms with E-state index in [1.807, 2.05) is 12.1 Å². The summed E-state index contributed by atoms with van der Waals surface area (Å²) in [6, 6.07) is 3.71. The quantitative estimate of drug-likeness (QED) is 0.636. The van der Waals surface area contributed by atoms with Crippen LogP contribution in [0.25, 0.3) is 0 Å². The monoisotopic (exact) mass is 176 g/mol. The Morgan fingerprint density at radius 2 is 2.38 bits per heavy atom. The highest BCUT2D eigenvalue weighted by Gasteiger charge is 1.90. The molecule has 0 bridgehead atoms. The lowest BCUT2D eigenvalue weighted by atomic mass is 10.2. The van der Waals surface area contributed by atoms with E-state index in [-0.39, 0.29) is 6.61 Å². The van der Waals surface area contributed by atoms with Crippen molar-refractivity contribution in [1.29, 1.82) is 0 Å². The number of nitrogens with zero attached hydrogens (tertiary/aromatic N) is 1. The van der Waals surface area contributed by atoms with Gasteiger partial charge in [-0.1, -0.05) is 5.92 Å². The molecule has 68 valence electrons. The maximum Gasteiger partial charge on any atom is 0.113 e. The molecule has 0 atom stereocenters. The molecule has 0 aromatic carbocycles. The summed E-state index contributed by atoms with van der Waals surface area (Å²) >= 11 is 0. The third kappa shape index (κ3) is 3.24. The Hall–Kier alpha value is -1.37. The van der Waals surface area contributed by atoms with E-state index in [0.717, 1.165) is 5.56 Å². The van der Waals surface area contributed by atoms with Crippen molar-refractivity contribution in [1.82, 2.24) is 4.98 Å². The van der Waals surface area contributed by atoms with E-state index in [2.05, 4.69) is 16.8 Å². The zero-order valence-electron chi connectivity index (χ0n) is 7.33. The lowest BCUT2D eigenvalue weighted by molar-refractivity contribution is 0.305. The minimum absolute atomic E-state index is 0.0869. The molecule has 3 N–H and O–H groups in total. The van der Waals surface area contributed by atoms with Gasteiger partial charge in [0, 0.05) is 19.2 Å². The van der Waals surface area contributed by atoms with Crippen LogP contribution in [-0.2, 0) is 6.54 Å². The number of pyridine rings is 1. The maximum absolute atomic E-state index is 8.50. The van der Waals surface area contributed by atoms with Crippen LogP contribution in [0.15, 0.2) is 18.3 Å². The normalized spacial score (nSPS) is 9.08. The molecule has 0 saturated carbocycles. The van der Waals surface area contributed by atoms with Crippen LogP contribution in [0, 0.1) is 11.8 Å². The van der Waals surface area contributed by atoms with E-state index >= 15 is 0 Å². The average Bonchev–Trinajstić information content (AvgIpc) is 2.19. The maximum atomic E-state index is 8.50. The highest BCUT2D eigenvalue weighted by molar-refractivity contribution is 5.30. The average molecular weight is 176 g/mol. The summed E-state index contributed by atoms with van der Waals surface area (Å²) in [4.78, 5) is 4.05. The zero-order chi connectivity index (χ0) is 9.52. The molecule has 1 heterocycles. The molecule has 0 radical (unpaired) electrons. The molecule has 13 heavy (non-hydrogen) atoms. The van der Waals surface area contributed by atoms with Crippen molar-refractivity contribution in [3.8, 4) is 11.8 Å². The van der Waals surface area contributed by atoms with Gasteiger partial charge >= 0.3 is 0 Å². The summed E-state index contributed by atoms with van der Waals surface area (Å²) in [5.74, 6) is 5.64. The molecule has 0 amide bonds. The SMILES string of the molecule is NCc1ccnc(C#CCCO)c1. The second-order valence-corrected chi connectivity index (χ2v) is 2.53. The standard InChI is InChI=1S/C10H12N2O/c11-8-9-4-5-12-10(7-9)3-1-2-6-13/h4-5,7,13H,2,6,8,11H2. The fraction of sp³-hybridized carbons (Fsp3) is 0.300. The summed E-state index contributed by atoms with van der Waals surface area (Å²) in [7, 11) is 0.